The molecule has 0 saturated carbocycles. The number of nitrogens with zero attached hydrogens (tertiary/aromatic N) is 1. The highest BCUT2D eigenvalue weighted by atomic mass is 35.5. The number of methoxy groups -OCH3 is 2. The molecule has 0 aliphatic heterocycles. The lowest BCUT2D eigenvalue weighted by Gasteiger charge is -2.11. The van der Waals surface area contributed by atoms with Gasteiger partial charge in [0.15, 0.2) is 23.0 Å². The van der Waals surface area contributed by atoms with Crippen LogP contribution >= 0.6 is 11.6 Å². The third kappa shape index (κ3) is 5.29. The van der Waals surface area contributed by atoms with Crippen LogP contribution in [0, 0.1) is 0 Å². The molecule has 8 heteroatoms. The van der Waals surface area contributed by atoms with Crippen LogP contribution in [0.5, 0.6) is 23.0 Å². The van der Waals surface area contributed by atoms with Crippen molar-refractivity contribution in [3.05, 3.63) is 46.5 Å². The Morgan fingerprint density at radius 2 is 1.75 bits per heavy atom. The number of ether oxygens (including phenoxy) is 4. The highest BCUT2D eigenvalue weighted by molar-refractivity contribution is 6.32. The molecule has 2 rings (SSSR count). The van der Waals surface area contributed by atoms with Crippen molar-refractivity contribution in [1.82, 2.24) is 5.43 Å². The van der Waals surface area contributed by atoms with Crippen molar-refractivity contribution >= 4 is 23.7 Å². The molecule has 0 spiro atoms. The molecule has 0 aliphatic rings. The Bertz CT molecular complexity index is 855. The van der Waals surface area contributed by atoms with Gasteiger partial charge in [0.25, 0.3) is 5.91 Å². The van der Waals surface area contributed by atoms with Crippen molar-refractivity contribution in [1.29, 1.82) is 0 Å². The molecule has 0 bridgehead atoms. The van der Waals surface area contributed by atoms with Gasteiger partial charge in [-0.2, -0.15) is 5.10 Å². The summed E-state index contributed by atoms with van der Waals surface area (Å²) in [6, 6.07) is 8.28. The van der Waals surface area contributed by atoms with E-state index in [2.05, 4.69) is 10.5 Å². The first-order chi connectivity index (χ1) is 13.5. The Morgan fingerprint density at radius 3 is 2.39 bits per heavy atom. The third-order valence-electron chi connectivity index (χ3n) is 3.65. The van der Waals surface area contributed by atoms with Crippen molar-refractivity contribution in [3.63, 3.8) is 0 Å². The van der Waals surface area contributed by atoms with Crippen molar-refractivity contribution in [2.75, 3.05) is 27.4 Å². The summed E-state index contributed by atoms with van der Waals surface area (Å²) in [5, 5.41) is 4.37. The van der Waals surface area contributed by atoms with Crippen LogP contribution in [0.2, 0.25) is 5.02 Å². The highest BCUT2D eigenvalue weighted by Gasteiger charge is 2.12. The van der Waals surface area contributed by atoms with Gasteiger partial charge in [-0.3, -0.25) is 4.79 Å². The van der Waals surface area contributed by atoms with E-state index in [0.717, 1.165) is 0 Å². The molecular weight excluding hydrogens is 384 g/mol. The molecule has 1 amide bonds. The van der Waals surface area contributed by atoms with Crippen molar-refractivity contribution in [3.8, 4) is 23.0 Å². The lowest BCUT2D eigenvalue weighted by molar-refractivity contribution is 0.0954. The number of carbonyl (C=O) groups excluding carboxylic acids is 1. The summed E-state index contributed by atoms with van der Waals surface area (Å²) < 4.78 is 21.4. The summed E-state index contributed by atoms with van der Waals surface area (Å²) in [6.45, 7) is 4.63. The van der Waals surface area contributed by atoms with Gasteiger partial charge in [0, 0.05) is 5.56 Å². The first-order valence-electron chi connectivity index (χ1n) is 8.68. The molecular formula is C20H23ClN2O5. The molecule has 0 heterocycles. The maximum absolute atomic E-state index is 12.3. The van der Waals surface area contributed by atoms with Crippen LogP contribution in [0.3, 0.4) is 0 Å². The predicted octanol–water partition coefficient (Wildman–Crippen LogP) is 3.92. The van der Waals surface area contributed by atoms with Crippen molar-refractivity contribution in [2.45, 2.75) is 13.8 Å². The maximum atomic E-state index is 12.3. The molecule has 0 aliphatic carbocycles. The lowest BCUT2D eigenvalue weighted by Crippen LogP contribution is -2.17. The summed E-state index contributed by atoms with van der Waals surface area (Å²) in [5.74, 6) is 1.61. The largest absolute Gasteiger partial charge is 0.493 e. The fourth-order valence-electron chi connectivity index (χ4n) is 2.41. The van der Waals surface area contributed by atoms with Gasteiger partial charge in [0.05, 0.1) is 38.7 Å². The molecule has 28 heavy (non-hydrogen) atoms. The molecule has 1 N–H and O–H groups in total. The summed E-state index contributed by atoms with van der Waals surface area (Å²) in [4.78, 5) is 12.3. The smallest absolute Gasteiger partial charge is 0.271 e. The van der Waals surface area contributed by atoms with Gasteiger partial charge in [0.2, 0.25) is 0 Å². The molecule has 0 atom stereocenters. The second kappa shape index (κ2) is 10.4. The summed E-state index contributed by atoms with van der Waals surface area (Å²) in [6.07, 6.45) is 1.47. The van der Waals surface area contributed by atoms with Crippen LogP contribution in [-0.2, 0) is 0 Å². The topological polar surface area (TPSA) is 78.4 Å². The minimum absolute atomic E-state index is 0.385. The Labute approximate surface area is 169 Å². The molecule has 7 nitrogen and oxygen atoms in total. The summed E-state index contributed by atoms with van der Waals surface area (Å²) in [5.41, 5.74) is 3.51. The first kappa shape index (κ1) is 21.4. The minimum atomic E-state index is -0.385. The van der Waals surface area contributed by atoms with Crippen LogP contribution < -0.4 is 24.4 Å². The quantitative estimate of drug-likeness (QED) is 0.504. The molecule has 0 radical (unpaired) electrons. The standard InChI is InChI=1S/C20H23ClN2O5/c1-5-27-17-11-14(7-8-16(17)25-3)20(24)23-22-12-13-9-15(21)19(28-6-2)18(10-13)26-4/h7-12H,5-6H2,1-4H3,(H,23,24)/b22-12+. The van der Waals surface area contributed by atoms with Gasteiger partial charge in [-0.1, -0.05) is 11.6 Å². The van der Waals surface area contributed by atoms with E-state index in [1.54, 1.807) is 30.3 Å². The van der Waals surface area contributed by atoms with Crippen LogP contribution in [0.25, 0.3) is 0 Å². The number of benzene rings is 2. The zero-order valence-electron chi connectivity index (χ0n) is 16.2. The average molecular weight is 407 g/mol. The molecule has 150 valence electrons. The van der Waals surface area contributed by atoms with Gasteiger partial charge < -0.3 is 18.9 Å². The van der Waals surface area contributed by atoms with Crippen LogP contribution in [0.15, 0.2) is 35.4 Å². The molecule has 0 unspecified atom stereocenters. The van der Waals surface area contributed by atoms with Crippen LogP contribution in [0.1, 0.15) is 29.8 Å². The summed E-state index contributed by atoms with van der Waals surface area (Å²) in [7, 11) is 3.06. The number of hydrogen-bond acceptors (Lipinski definition) is 6. The third-order valence-corrected chi connectivity index (χ3v) is 3.93. The van der Waals surface area contributed by atoms with E-state index in [1.165, 1.54) is 20.4 Å². The number of hydrogen-bond donors (Lipinski definition) is 1. The SMILES string of the molecule is CCOc1cc(C(=O)N/N=C/c2cc(Cl)c(OCC)c(OC)c2)ccc1OC. The number of amides is 1. The Balaban J connectivity index is 2.13. The average Bonchev–Trinajstić information content (AvgIpc) is 2.69. The second-order valence-corrected chi connectivity index (χ2v) is 5.87. The van der Waals surface area contributed by atoms with Crippen LogP contribution in [0.4, 0.5) is 0 Å². The van der Waals surface area contributed by atoms with Gasteiger partial charge in [-0.25, -0.2) is 5.43 Å². The molecule has 0 aromatic heterocycles. The zero-order chi connectivity index (χ0) is 20.5. The Hall–Kier alpha value is -2.93. The predicted molar refractivity (Wildman–Crippen MR) is 108 cm³/mol. The highest BCUT2D eigenvalue weighted by Crippen LogP contribution is 2.36. The van der Waals surface area contributed by atoms with E-state index in [1.807, 2.05) is 13.8 Å². The van der Waals surface area contributed by atoms with E-state index in [-0.39, 0.29) is 5.91 Å². The van der Waals surface area contributed by atoms with Gasteiger partial charge in [0.1, 0.15) is 0 Å². The summed E-state index contributed by atoms with van der Waals surface area (Å²) >= 11 is 6.23. The second-order valence-electron chi connectivity index (χ2n) is 5.46. The lowest BCUT2D eigenvalue weighted by atomic mass is 10.2. The molecule has 0 saturated heterocycles. The number of hydrazone groups is 1. The van der Waals surface area contributed by atoms with Gasteiger partial charge in [-0.05, 0) is 49.7 Å². The van der Waals surface area contributed by atoms with E-state index < -0.39 is 0 Å². The number of rotatable bonds is 9. The first-order valence-corrected chi connectivity index (χ1v) is 9.06. The molecule has 2 aromatic rings. The monoisotopic (exact) mass is 406 g/mol. The number of nitrogens with one attached hydrogen (secondary N) is 1. The van der Waals surface area contributed by atoms with Gasteiger partial charge >= 0.3 is 0 Å². The Kier molecular flexibility index (Phi) is 7.95. The molecule has 0 fully saturated rings. The molecule has 2 aromatic carbocycles. The normalized spacial score (nSPS) is 10.6. The Morgan fingerprint density at radius 1 is 1.04 bits per heavy atom. The van der Waals surface area contributed by atoms with Crippen molar-refractivity contribution < 1.29 is 23.7 Å². The fourth-order valence-corrected chi connectivity index (χ4v) is 2.69. The van der Waals surface area contributed by atoms with Crippen molar-refractivity contribution in [2.24, 2.45) is 5.10 Å². The maximum Gasteiger partial charge on any atom is 0.271 e. The van der Waals surface area contributed by atoms with Gasteiger partial charge in [-0.15, -0.1) is 0 Å². The van der Waals surface area contributed by atoms with E-state index >= 15 is 0 Å². The minimum Gasteiger partial charge on any atom is -0.493 e. The fraction of sp³-hybridized carbons (Fsp3) is 0.300. The van der Waals surface area contributed by atoms with E-state index in [4.69, 9.17) is 30.5 Å². The number of carbonyl (C=O) groups is 1. The zero-order valence-corrected chi connectivity index (χ0v) is 17.0. The number of halogens is 1. The van der Waals surface area contributed by atoms with E-state index in [9.17, 15) is 4.79 Å². The van der Waals surface area contributed by atoms with Crippen LogP contribution in [-0.4, -0.2) is 39.6 Å². The van der Waals surface area contributed by atoms with E-state index in [0.29, 0.717) is 52.4 Å².